The van der Waals surface area contributed by atoms with E-state index in [9.17, 15) is 14.5 Å². The number of aryl methyl sites for hydroxylation is 3. The van der Waals surface area contributed by atoms with Crippen LogP contribution >= 0.6 is 0 Å². The summed E-state index contributed by atoms with van der Waals surface area (Å²) in [5.74, 6) is 0.405. The average molecular weight is 331 g/mol. The first-order valence-electron chi connectivity index (χ1n) is 7.22. The first-order chi connectivity index (χ1) is 11.5. The molecule has 0 aliphatic rings. The standard InChI is InChI=1S/C15H14FN5O3/c1-9-14(21(22)23)10(2)20(18-9)8-7-13-17-15(19-24-13)11-3-5-12(16)6-4-11/h3-6H,7-8H2,1-2H3. The van der Waals surface area contributed by atoms with Gasteiger partial charge in [0.25, 0.3) is 0 Å². The van der Waals surface area contributed by atoms with Gasteiger partial charge in [0.2, 0.25) is 11.7 Å². The largest absolute Gasteiger partial charge is 0.339 e. The lowest BCUT2D eigenvalue weighted by Crippen LogP contribution is -2.06. The van der Waals surface area contributed by atoms with Crippen LogP contribution in [0.2, 0.25) is 0 Å². The van der Waals surface area contributed by atoms with Crippen molar-refractivity contribution in [3.63, 3.8) is 0 Å². The molecule has 0 saturated heterocycles. The molecule has 0 fully saturated rings. The van der Waals surface area contributed by atoms with Crippen molar-refractivity contribution in [2.24, 2.45) is 0 Å². The van der Waals surface area contributed by atoms with Gasteiger partial charge >= 0.3 is 5.69 Å². The lowest BCUT2D eigenvalue weighted by Gasteiger charge is -2.00. The maximum Gasteiger partial charge on any atom is 0.312 e. The van der Waals surface area contributed by atoms with E-state index >= 15 is 0 Å². The maximum absolute atomic E-state index is 12.9. The van der Waals surface area contributed by atoms with Crippen LogP contribution in [0.25, 0.3) is 11.4 Å². The summed E-state index contributed by atoms with van der Waals surface area (Å²) in [6.45, 7) is 3.63. The topological polar surface area (TPSA) is 99.9 Å². The summed E-state index contributed by atoms with van der Waals surface area (Å²) in [6, 6.07) is 5.77. The van der Waals surface area contributed by atoms with E-state index in [2.05, 4.69) is 15.2 Å². The van der Waals surface area contributed by atoms with Crippen molar-refractivity contribution in [3.05, 3.63) is 57.5 Å². The minimum absolute atomic E-state index is 0.0209. The molecule has 8 nitrogen and oxygen atoms in total. The number of aromatic nitrogens is 4. The zero-order valence-corrected chi connectivity index (χ0v) is 13.1. The van der Waals surface area contributed by atoms with Crippen LogP contribution < -0.4 is 0 Å². The number of hydrogen-bond acceptors (Lipinski definition) is 6. The summed E-state index contributed by atoms with van der Waals surface area (Å²) < 4.78 is 19.6. The van der Waals surface area contributed by atoms with E-state index in [0.29, 0.717) is 41.6 Å². The minimum atomic E-state index is -0.437. The monoisotopic (exact) mass is 331 g/mol. The van der Waals surface area contributed by atoms with E-state index in [1.165, 1.54) is 12.1 Å². The molecule has 0 N–H and O–H groups in total. The van der Waals surface area contributed by atoms with Gasteiger partial charge in [-0.2, -0.15) is 10.1 Å². The van der Waals surface area contributed by atoms with Gasteiger partial charge < -0.3 is 4.52 Å². The van der Waals surface area contributed by atoms with Crippen LogP contribution in [0.4, 0.5) is 10.1 Å². The molecule has 0 bridgehead atoms. The van der Waals surface area contributed by atoms with Crippen LogP contribution in [0.15, 0.2) is 28.8 Å². The summed E-state index contributed by atoms with van der Waals surface area (Å²) in [7, 11) is 0. The summed E-state index contributed by atoms with van der Waals surface area (Å²) >= 11 is 0. The highest BCUT2D eigenvalue weighted by atomic mass is 19.1. The first-order valence-corrected chi connectivity index (χ1v) is 7.22. The minimum Gasteiger partial charge on any atom is -0.339 e. The van der Waals surface area contributed by atoms with Crippen LogP contribution in [0, 0.1) is 29.8 Å². The number of rotatable bonds is 5. The molecule has 3 aromatic rings. The molecule has 2 heterocycles. The Hall–Kier alpha value is -3.10. The molecule has 0 saturated carbocycles. The van der Waals surface area contributed by atoms with Crippen molar-refractivity contribution in [1.82, 2.24) is 19.9 Å². The molecule has 9 heteroatoms. The Morgan fingerprint density at radius 3 is 2.62 bits per heavy atom. The molecule has 3 rings (SSSR count). The lowest BCUT2D eigenvalue weighted by molar-refractivity contribution is -0.386. The molecular formula is C15H14FN5O3. The molecule has 24 heavy (non-hydrogen) atoms. The number of hydrogen-bond donors (Lipinski definition) is 0. The normalized spacial score (nSPS) is 11.0. The molecule has 0 aliphatic carbocycles. The van der Waals surface area contributed by atoms with E-state index in [0.717, 1.165) is 0 Å². The van der Waals surface area contributed by atoms with E-state index in [1.54, 1.807) is 30.7 Å². The molecule has 0 radical (unpaired) electrons. The van der Waals surface area contributed by atoms with E-state index in [-0.39, 0.29) is 11.5 Å². The van der Waals surface area contributed by atoms with Crippen LogP contribution in [-0.4, -0.2) is 24.8 Å². The van der Waals surface area contributed by atoms with E-state index < -0.39 is 4.92 Å². The molecule has 0 atom stereocenters. The summed E-state index contributed by atoms with van der Waals surface area (Å²) in [6.07, 6.45) is 0.382. The van der Waals surface area contributed by atoms with Crippen molar-refractivity contribution in [2.75, 3.05) is 0 Å². The Morgan fingerprint density at radius 2 is 2.00 bits per heavy atom. The Labute approximate surface area is 136 Å². The summed E-state index contributed by atoms with van der Waals surface area (Å²) in [4.78, 5) is 14.8. The Morgan fingerprint density at radius 1 is 1.29 bits per heavy atom. The highest BCUT2D eigenvalue weighted by Gasteiger charge is 2.21. The molecule has 0 aliphatic heterocycles. The SMILES string of the molecule is Cc1nn(CCc2nc(-c3ccc(F)cc3)no2)c(C)c1[N+](=O)[O-]. The van der Waals surface area contributed by atoms with Gasteiger partial charge in [0.15, 0.2) is 0 Å². The van der Waals surface area contributed by atoms with Gasteiger partial charge in [-0.25, -0.2) is 4.39 Å². The Bertz CT molecular complexity index is 885. The molecule has 0 amide bonds. The zero-order chi connectivity index (χ0) is 17.3. The average Bonchev–Trinajstić information content (AvgIpc) is 3.10. The lowest BCUT2D eigenvalue weighted by atomic mass is 10.2. The van der Waals surface area contributed by atoms with Gasteiger partial charge in [-0.3, -0.25) is 14.8 Å². The highest BCUT2D eigenvalue weighted by molar-refractivity contribution is 5.53. The van der Waals surface area contributed by atoms with Gasteiger partial charge in [-0.1, -0.05) is 5.16 Å². The molecule has 2 aromatic heterocycles. The second-order valence-electron chi connectivity index (χ2n) is 5.27. The predicted octanol–water partition coefficient (Wildman–Crippen LogP) is 2.84. The molecular weight excluding hydrogens is 317 g/mol. The molecule has 0 spiro atoms. The smallest absolute Gasteiger partial charge is 0.312 e. The van der Waals surface area contributed by atoms with Gasteiger partial charge in [0.05, 0.1) is 11.5 Å². The van der Waals surface area contributed by atoms with E-state index in [4.69, 9.17) is 4.52 Å². The van der Waals surface area contributed by atoms with Crippen LogP contribution in [0.5, 0.6) is 0 Å². The molecule has 1 aromatic carbocycles. The summed E-state index contributed by atoms with van der Waals surface area (Å²) in [5.41, 5.74) is 1.52. The first kappa shape index (κ1) is 15.8. The van der Waals surface area contributed by atoms with E-state index in [1.807, 2.05) is 0 Å². The number of halogens is 1. The van der Waals surface area contributed by atoms with Crippen LogP contribution in [-0.2, 0) is 13.0 Å². The van der Waals surface area contributed by atoms with Crippen LogP contribution in [0.1, 0.15) is 17.3 Å². The molecule has 0 unspecified atom stereocenters. The number of nitrogens with zero attached hydrogens (tertiary/aromatic N) is 5. The third-order valence-electron chi connectivity index (χ3n) is 3.63. The fraction of sp³-hybridized carbons (Fsp3) is 0.267. The van der Waals surface area contributed by atoms with Crippen molar-refractivity contribution >= 4 is 5.69 Å². The van der Waals surface area contributed by atoms with Crippen molar-refractivity contribution < 1.29 is 13.8 Å². The zero-order valence-electron chi connectivity index (χ0n) is 13.1. The van der Waals surface area contributed by atoms with Crippen molar-refractivity contribution in [3.8, 4) is 11.4 Å². The Kier molecular flexibility index (Phi) is 4.07. The third kappa shape index (κ3) is 3.00. The van der Waals surface area contributed by atoms with Crippen LogP contribution in [0.3, 0.4) is 0 Å². The Balaban J connectivity index is 1.73. The third-order valence-corrected chi connectivity index (χ3v) is 3.63. The van der Waals surface area contributed by atoms with Crippen molar-refractivity contribution in [2.45, 2.75) is 26.8 Å². The maximum atomic E-state index is 12.9. The quantitative estimate of drug-likeness (QED) is 0.526. The van der Waals surface area contributed by atoms with Gasteiger partial charge in [-0.05, 0) is 38.1 Å². The van der Waals surface area contributed by atoms with Gasteiger partial charge in [0.1, 0.15) is 17.2 Å². The predicted molar refractivity (Wildman–Crippen MR) is 81.8 cm³/mol. The fourth-order valence-corrected chi connectivity index (χ4v) is 2.44. The highest BCUT2D eigenvalue weighted by Crippen LogP contribution is 2.22. The number of nitro groups is 1. The van der Waals surface area contributed by atoms with Crippen molar-refractivity contribution in [1.29, 1.82) is 0 Å². The fourth-order valence-electron chi connectivity index (χ4n) is 2.44. The second-order valence-corrected chi connectivity index (χ2v) is 5.27. The van der Waals surface area contributed by atoms with Gasteiger partial charge in [0, 0.05) is 12.0 Å². The second kappa shape index (κ2) is 6.19. The summed E-state index contributed by atoms with van der Waals surface area (Å²) in [5, 5.41) is 19.0. The number of benzene rings is 1. The molecule has 124 valence electrons. The van der Waals surface area contributed by atoms with Gasteiger partial charge in [-0.15, -0.1) is 0 Å².